The van der Waals surface area contributed by atoms with Crippen molar-refractivity contribution in [3.05, 3.63) is 17.8 Å². The van der Waals surface area contributed by atoms with E-state index in [1.807, 2.05) is 6.20 Å². The average molecular weight is 332 g/mol. The summed E-state index contributed by atoms with van der Waals surface area (Å²) in [5.74, 6) is 3.51. The Labute approximate surface area is 146 Å². The van der Waals surface area contributed by atoms with Crippen LogP contribution in [0.25, 0.3) is 0 Å². The largest absolute Gasteiger partial charge is 0.492 e. The van der Waals surface area contributed by atoms with Gasteiger partial charge in [-0.25, -0.2) is 4.98 Å². The molecule has 2 atom stereocenters. The molecule has 0 saturated carbocycles. The summed E-state index contributed by atoms with van der Waals surface area (Å²) in [5.41, 5.74) is 7.17. The van der Waals surface area contributed by atoms with Crippen LogP contribution in [0.1, 0.15) is 38.2 Å². The molecule has 3 N–H and O–H groups in total. The second-order valence-electron chi connectivity index (χ2n) is 7.51. The summed E-state index contributed by atoms with van der Waals surface area (Å²) in [6.45, 7) is 9.49. The van der Waals surface area contributed by atoms with Gasteiger partial charge in [-0.05, 0) is 69.2 Å². The van der Waals surface area contributed by atoms with Crippen LogP contribution in [0.15, 0.2) is 12.3 Å². The molecule has 0 spiro atoms. The number of nitrogens with two attached hydrogens (primary N) is 1. The van der Waals surface area contributed by atoms with Crippen LogP contribution >= 0.6 is 0 Å². The SMILES string of the molecule is Cc1cc(OCC[C@@H](C)C2CCNCC2)cnc1N1CC[C@@H](N)C1. The van der Waals surface area contributed by atoms with Gasteiger partial charge in [-0.1, -0.05) is 6.92 Å². The highest BCUT2D eigenvalue weighted by Crippen LogP contribution is 2.26. The van der Waals surface area contributed by atoms with Crippen LogP contribution in [-0.2, 0) is 0 Å². The highest BCUT2D eigenvalue weighted by atomic mass is 16.5. The first-order valence-corrected chi connectivity index (χ1v) is 9.44. The van der Waals surface area contributed by atoms with E-state index in [4.69, 9.17) is 10.5 Å². The normalized spacial score (nSPS) is 23.5. The van der Waals surface area contributed by atoms with Gasteiger partial charge in [-0.15, -0.1) is 0 Å². The predicted molar refractivity (Wildman–Crippen MR) is 98.6 cm³/mol. The van der Waals surface area contributed by atoms with Crippen LogP contribution in [0.4, 0.5) is 5.82 Å². The van der Waals surface area contributed by atoms with Crippen LogP contribution in [0.5, 0.6) is 5.75 Å². The predicted octanol–water partition coefficient (Wildman–Crippen LogP) is 2.33. The van der Waals surface area contributed by atoms with Crippen molar-refractivity contribution in [3.8, 4) is 5.75 Å². The second kappa shape index (κ2) is 8.17. The quantitative estimate of drug-likeness (QED) is 0.837. The van der Waals surface area contributed by atoms with E-state index < -0.39 is 0 Å². The first-order chi connectivity index (χ1) is 11.6. The highest BCUT2D eigenvalue weighted by molar-refractivity contribution is 5.49. The molecule has 0 radical (unpaired) electrons. The number of hydrogen-bond donors (Lipinski definition) is 2. The number of nitrogens with zero attached hydrogens (tertiary/aromatic N) is 2. The van der Waals surface area contributed by atoms with Crippen molar-refractivity contribution in [3.63, 3.8) is 0 Å². The van der Waals surface area contributed by atoms with Crippen molar-refractivity contribution < 1.29 is 4.74 Å². The molecule has 0 bridgehead atoms. The summed E-state index contributed by atoms with van der Waals surface area (Å²) >= 11 is 0. The topological polar surface area (TPSA) is 63.4 Å². The number of nitrogens with one attached hydrogen (secondary N) is 1. The summed E-state index contributed by atoms with van der Waals surface area (Å²) in [6, 6.07) is 2.39. The molecule has 2 saturated heterocycles. The number of rotatable bonds is 6. The first kappa shape index (κ1) is 17.5. The standard InChI is InChI=1S/C19H32N4O/c1-14(16-3-7-21-8-4-16)6-10-24-18-11-15(2)19(22-12-18)23-9-5-17(20)13-23/h11-12,14,16-17,21H,3-10,13,20H2,1-2H3/t14-,17-/m1/s1. The molecule has 5 nitrogen and oxygen atoms in total. The number of aryl methyl sites for hydroxylation is 1. The maximum Gasteiger partial charge on any atom is 0.138 e. The van der Waals surface area contributed by atoms with Gasteiger partial charge in [0.1, 0.15) is 11.6 Å². The molecule has 0 amide bonds. The third kappa shape index (κ3) is 4.39. The van der Waals surface area contributed by atoms with Gasteiger partial charge in [0.2, 0.25) is 0 Å². The van der Waals surface area contributed by atoms with Gasteiger partial charge in [0.05, 0.1) is 12.8 Å². The molecule has 24 heavy (non-hydrogen) atoms. The molecule has 2 aliphatic heterocycles. The lowest BCUT2D eigenvalue weighted by atomic mass is 9.84. The first-order valence-electron chi connectivity index (χ1n) is 9.44. The molecule has 3 rings (SSSR count). The van der Waals surface area contributed by atoms with Gasteiger partial charge < -0.3 is 20.7 Å². The highest BCUT2D eigenvalue weighted by Gasteiger charge is 2.22. The van der Waals surface area contributed by atoms with Gasteiger partial charge in [0, 0.05) is 19.1 Å². The van der Waals surface area contributed by atoms with Crippen molar-refractivity contribution in [1.29, 1.82) is 0 Å². The maximum absolute atomic E-state index is 6.00. The number of aromatic nitrogens is 1. The number of anilines is 1. The van der Waals surface area contributed by atoms with E-state index in [0.29, 0.717) is 0 Å². The minimum absolute atomic E-state index is 0.276. The molecular weight excluding hydrogens is 300 g/mol. The van der Waals surface area contributed by atoms with Gasteiger partial charge in [-0.3, -0.25) is 0 Å². The second-order valence-corrected chi connectivity index (χ2v) is 7.51. The molecule has 134 valence electrons. The van der Waals surface area contributed by atoms with Crippen molar-refractivity contribution in [2.24, 2.45) is 17.6 Å². The monoisotopic (exact) mass is 332 g/mol. The van der Waals surface area contributed by atoms with Crippen molar-refractivity contribution in [2.45, 2.75) is 45.6 Å². The Bertz CT molecular complexity index is 530. The van der Waals surface area contributed by atoms with Crippen molar-refractivity contribution in [2.75, 3.05) is 37.7 Å². The molecular formula is C19H32N4O. The maximum atomic E-state index is 6.00. The number of hydrogen-bond acceptors (Lipinski definition) is 5. The molecule has 5 heteroatoms. The molecule has 0 aromatic carbocycles. The Kier molecular flexibility index (Phi) is 5.95. The van der Waals surface area contributed by atoms with Gasteiger partial charge >= 0.3 is 0 Å². The molecule has 1 aromatic rings. The molecule has 2 aliphatic rings. The summed E-state index contributed by atoms with van der Waals surface area (Å²) in [7, 11) is 0. The van der Waals surface area contributed by atoms with E-state index in [-0.39, 0.29) is 6.04 Å². The van der Waals surface area contributed by atoms with Crippen molar-refractivity contribution >= 4 is 5.82 Å². The molecule has 0 unspecified atom stereocenters. The lowest BCUT2D eigenvalue weighted by molar-refractivity contribution is 0.215. The Morgan fingerprint density at radius 3 is 2.83 bits per heavy atom. The lowest BCUT2D eigenvalue weighted by Crippen LogP contribution is -2.31. The third-order valence-corrected chi connectivity index (χ3v) is 5.58. The number of ether oxygens (including phenoxy) is 1. The lowest BCUT2D eigenvalue weighted by Gasteiger charge is -2.28. The Morgan fingerprint density at radius 1 is 1.38 bits per heavy atom. The fourth-order valence-electron chi connectivity index (χ4n) is 3.94. The average Bonchev–Trinajstić information content (AvgIpc) is 3.02. The van der Waals surface area contributed by atoms with E-state index in [9.17, 15) is 0 Å². The van der Waals surface area contributed by atoms with Crippen LogP contribution in [0.3, 0.4) is 0 Å². The molecule has 0 aliphatic carbocycles. The number of pyridine rings is 1. The Morgan fingerprint density at radius 2 is 2.17 bits per heavy atom. The van der Waals surface area contributed by atoms with E-state index in [2.05, 4.69) is 35.1 Å². The van der Waals surface area contributed by atoms with Crippen LogP contribution in [0, 0.1) is 18.8 Å². The van der Waals surface area contributed by atoms with Crippen LogP contribution < -0.4 is 20.7 Å². The molecule has 2 fully saturated rings. The van der Waals surface area contributed by atoms with Gasteiger partial charge in [0.25, 0.3) is 0 Å². The number of piperidine rings is 1. The van der Waals surface area contributed by atoms with E-state index in [0.717, 1.165) is 55.9 Å². The zero-order valence-electron chi connectivity index (χ0n) is 15.1. The molecule has 3 heterocycles. The third-order valence-electron chi connectivity index (χ3n) is 5.58. The minimum atomic E-state index is 0.276. The summed E-state index contributed by atoms with van der Waals surface area (Å²) in [6.07, 6.45) is 6.63. The van der Waals surface area contributed by atoms with Gasteiger partial charge in [-0.2, -0.15) is 0 Å². The van der Waals surface area contributed by atoms with E-state index >= 15 is 0 Å². The minimum Gasteiger partial charge on any atom is -0.492 e. The Balaban J connectivity index is 1.48. The fraction of sp³-hybridized carbons (Fsp3) is 0.737. The fourth-order valence-corrected chi connectivity index (χ4v) is 3.94. The summed E-state index contributed by atoms with van der Waals surface area (Å²) in [4.78, 5) is 6.90. The van der Waals surface area contributed by atoms with Crippen LogP contribution in [-0.4, -0.2) is 43.8 Å². The summed E-state index contributed by atoms with van der Waals surface area (Å²) in [5, 5.41) is 3.44. The van der Waals surface area contributed by atoms with E-state index in [1.165, 1.54) is 31.5 Å². The Hall–Kier alpha value is -1.33. The smallest absolute Gasteiger partial charge is 0.138 e. The van der Waals surface area contributed by atoms with Gasteiger partial charge in [0.15, 0.2) is 0 Å². The van der Waals surface area contributed by atoms with Crippen LogP contribution in [0.2, 0.25) is 0 Å². The molecule has 1 aromatic heterocycles. The summed E-state index contributed by atoms with van der Waals surface area (Å²) < 4.78 is 5.97. The zero-order chi connectivity index (χ0) is 16.9. The zero-order valence-corrected chi connectivity index (χ0v) is 15.1. The van der Waals surface area contributed by atoms with E-state index in [1.54, 1.807) is 0 Å². The van der Waals surface area contributed by atoms with Crippen molar-refractivity contribution in [1.82, 2.24) is 10.3 Å².